The Bertz CT molecular complexity index is 1260. The van der Waals surface area contributed by atoms with E-state index in [0.29, 0.717) is 35.0 Å². The van der Waals surface area contributed by atoms with E-state index in [2.05, 4.69) is 21.2 Å². The average molecular weight is 489 g/mol. The van der Waals surface area contributed by atoms with Crippen LogP contribution in [0.1, 0.15) is 23.6 Å². The molecule has 9 nitrogen and oxygen atoms in total. The molecule has 0 fully saturated rings. The minimum Gasteiger partial charge on any atom is -0.490 e. The Kier molecular flexibility index (Phi) is 9.16. The molecular formula is C27H28N4O5. The van der Waals surface area contributed by atoms with Crippen molar-refractivity contribution < 1.29 is 23.9 Å². The number of aryl methyl sites for hydroxylation is 2. The molecule has 0 saturated carbocycles. The molecule has 0 radical (unpaired) electrons. The lowest BCUT2D eigenvalue weighted by Gasteiger charge is -2.13. The van der Waals surface area contributed by atoms with E-state index in [1.54, 1.807) is 36.4 Å². The summed E-state index contributed by atoms with van der Waals surface area (Å²) in [6.45, 7) is 5.86. The summed E-state index contributed by atoms with van der Waals surface area (Å²) in [5.41, 5.74) is 6.05. The third kappa shape index (κ3) is 7.98. The largest absolute Gasteiger partial charge is 0.490 e. The van der Waals surface area contributed by atoms with E-state index in [1.165, 1.54) is 6.21 Å². The van der Waals surface area contributed by atoms with Crippen LogP contribution in [0.2, 0.25) is 0 Å². The molecule has 3 aromatic carbocycles. The topological polar surface area (TPSA) is 118 Å². The Morgan fingerprint density at radius 3 is 2.31 bits per heavy atom. The lowest BCUT2D eigenvalue weighted by molar-refractivity contribution is -0.136. The van der Waals surface area contributed by atoms with Gasteiger partial charge in [0.15, 0.2) is 18.1 Å². The van der Waals surface area contributed by atoms with Gasteiger partial charge in [0.25, 0.3) is 5.91 Å². The van der Waals surface area contributed by atoms with Crippen molar-refractivity contribution in [3.05, 3.63) is 83.4 Å². The van der Waals surface area contributed by atoms with Gasteiger partial charge in [-0.05, 0) is 74.4 Å². The van der Waals surface area contributed by atoms with Crippen LogP contribution < -0.4 is 25.5 Å². The van der Waals surface area contributed by atoms with E-state index < -0.39 is 11.8 Å². The van der Waals surface area contributed by atoms with Crippen LogP contribution in [-0.2, 0) is 14.4 Å². The van der Waals surface area contributed by atoms with Crippen molar-refractivity contribution >= 4 is 35.3 Å². The third-order valence-corrected chi connectivity index (χ3v) is 4.82. The maximum absolute atomic E-state index is 12.3. The highest BCUT2D eigenvalue weighted by molar-refractivity contribution is 6.39. The number of carbonyl (C=O) groups excluding carboxylic acids is 3. The summed E-state index contributed by atoms with van der Waals surface area (Å²) in [7, 11) is 0. The molecule has 3 aromatic rings. The molecule has 0 aliphatic carbocycles. The van der Waals surface area contributed by atoms with Crippen molar-refractivity contribution in [3.63, 3.8) is 0 Å². The van der Waals surface area contributed by atoms with Crippen molar-refractivity contribution in [2.24, 2.45) is 5.10 Å². The van der Waals surface area contributed by atoms with Crippen LogP contribution in [0, 0.1) is 13.8 Å². The van der Waals surface area contributed by atoms with Crippen LogP contribution in [0.5, 0.6) is 11.5 Å². The molecule has 0 saturated heterocycles. The molecule has 0 bridgehead atoms. The predicted octanol–water partition coefficient (Wildman–Crippen LogP) is 3.81. The quantitative estimate of drug-likeness (QED) is 0.241. The number of nitrogens with one attached hydrogen (secondary N) is 3. The van der Waals surface area contributed by atoms with Crippen molar-refractivity contribution in [2.75, 3.05) is 23.8 Å². The number of hydrogen-bond donors (Lipinski definition) is 3. The second-order valence-corrected chi connectivity index (χ2v) is 7.86. The van der Waals surface area contributed by atoms with Gasteiger partial charge >= 0.3 is 11.8 Å². The van der Waals surface area contributed by atoms with E-state index in [-0.39, 0.29) is 12.5 Å². The minimum atomic E-state index is -0.906. The van der Waals surface area contributed by atoms with Gasteiger partial charge in [-0.3, -0.25) is 14.4 Å². The lowest BCUT2D eigenvalue weighted by Crippen LogP contribution is -2.32. The van der Waals surface area contributed by atoms with Gasteiger partial charge in [-0.15, -0.1) is 0 Å². The standard InChI is InChI=1S/C27H28N4O5/c1-4-35-24-15-20(16-28-31-27(34)26(33)30-21-11-8-18(2)9-12-21)10-13-23(24)36-17-25(32)29-22-7-5-6-19(3)14-22/h5-16H,4,17H2,1-3H3,(H,29,32)(H,30,33)(H,31,34)/b28-16-. The molecule has 0 atom stereocenters. The smallest absolute Gasteiger partial charge is 0.329 e. The normalized spacial score (nSPS) is 10.5. The van der Waals surface area contributed by atoms with E-state index in [9.17, 15) is 14.4 Å². The van der Waals surface area contributed by atoms with Crippen LogP contribution >= 0.6 is 0 Å². The highest BCUT2D eigenvalue weighted by Crippen LogP contribution is 2.28. The zero-order valence-corrected chi connectivity index (χ0v) is 20.3. The fourth-order valence-corrected chi connectivity index (χ4v) is 3.10. The molecular weight excluding hydrogens is 460 g/mol. The van der Waals surface area contributed by atoms with E-state index >= 15 is 0 Å². The van der Waals surface area contributed by atoms with Gasteiger partial charge in [-0.25, -0.2) is 5.43 Å². The summed E-state index contributed by atoms with van der Waals surface area (Å²) >= 11 is 0. The van der Waals surface area contributed by atoms with Gasteiger partial charge in [0.2, 0.25) is 0 Å². The third-order valence-electron chi connectivity index (χ3n) is 4.82. The van der Waals surface area contributed by atoms with Crippen molar-refractivity contribution in [1.82, 2.24) is 5.43 Å². The highest BCUT2D eigenvalue weighted by Gasteiger charge is 2.13. The summed E-state index contributed by atoms with van der Waals surface area (Å²) < 4.78 is 11.3. The van der Waals surface area contributed by atoms with Gasteiger partial charge in [0.05, 0.1) is 12.8 Å². The molecule has 3 rings (SSSR count). The van der Waals surface area contributed by atoms with Gasteiger partial charge in [0.1, 0.15) is 0 Å². The Hall–Kier alpha value is -4.66. The Morgan fingerprint density at radius 1 is 0.806 bits per heavy atom. The first-order valence-corrected chi connectivity index (χ1v) is 11.3. The lowest BCUT2D eigenvalue weighted by atomic mass is 10.2. The molecule has 0 aliphatic rings. The second kappa shape index (κ2) is 12.7. The number of anilines is 2. The highest BCUT2D eigenvalue weighted by atomic mass is 16.5. The average Bonchev–Trinajstić information content (AvgIpc) is 2.85. The molecule has 0 aromatic heterocycles. The van der Waals surface area contributed by atoms with Crippen molar-refractivity contribution in [1.29, 1.82) is 0 Å². The van der Waals surface area contributed by atoms with Crippen LogP contribution in [0.3, 0.4) is 0 Å². The zero-order chi connectivity index (χ0) is 25.9. The fraction of sp³-hybridized carbons (Fsp3) is 0.185. The van der Waals surface area contributed by atoms with Crippen LogP contribution in [0.4, 0.5) is 11.4 Å². The Morgan fingerprint density at radius 2 is 1.58 bits per heavy atom. The van der Waals surface area contributed by atoms with Crippen molar-refractivity contribution in [3.8, 4) is 11.5 Å². The summed E-state index contributed by atoms with van der Waals surface area (Å²) in [5, 5.41) is 9.11. The first kappa shape index (κ1) is 26.0. The molecule has 36 heavy (non-hydrogen) atoms. The zero-order valence-electron chi connectivity index (χ0n) is 20.3. The second-order valence-electron chi connectivity index (χ2n) is 7.86. The molecule has 0 spiro atoms. The van der Waals surface area contributed by atoms with Crippen LogP contribution in [0.25, 0.3) is 0 Å². The molecule has 3 amide bonds. The summed E-state index contributed by atoms with van der Waals surface area (Å²) in [6, 6.07) is 19.5. The molecule has 3 N–H and O–H groups in total. The Balaban J connectivity index is 1.55. The first-order chi connectivity index (χ1) is 17.3. The SMILES string of the molecule is CCOc1cc(/C=N\NC(=O)C(=O)Nc2ccc(C)cc2)ccc1OCC(=O)Nc1cccc(C)c1. The number of ether oxygens (including phenoxy) is 2. The summed E-state index contributed by atoms with van der Waals surface area (Å²) in [4.78, 5) is 36.3. The Labute approximate surface area is 209 Å². The summed E-state index contributed by atoms with van der Waals surface area (Å²) in [5.74, 6) is -1.25. The maximum atomic E-state index is 12.3. The number of benzene rings is 3. The van der Waals surface area contributed by atoms with Crippen LogP contribution in [0.15, 0.2) is 71.8 Å². The maximum Gasteiger partial charge on any atom is 0.329 e. The van der Waals surface area contributed by atoms with E-state index in [4.69, 9.17) is 9.47 Å². The molecule has 0 aliphatic heterocycles. The molecule has 9 heteroatoms. The number of nitrogens with zero attached hydrogens (tertiary/aromatic N) is 1. The number of hydrogen-bond acceptors (Lipinski definition) is 6. The van der Waals surface area contributed by atoms with Gasteiger partial charge in [-0.2, -0.15) is 5.10 Å². The number of carbonyl (C=O) groups is 3. The number of hydrazone groups is 1. The number of amides is 3. The predicted molar refractivity (Wildman–Crippen MR) is 138 cm³/mol. The van der Waals surface area contributed by atoms with Crippen molar-refractivity contribution in [2.45, 2.75) is 20.8 Å². The first-order valence-electron chi connectivity index (χ1n) is 11.3. The van der Waals surface area contributed by atoms with E-state index in [1.807, 2.05) is 51.1 Å². The van der Waals surface area contributed by atoms with Crippen LogP contribution in [-0.4, -0.2) is 37.1 Å². The molecule has 186 valence electrons. The molecule has 0 unspecified atom stereocenters. The number of rotatable bonds is 9. The monoisotopic (exact) mass is 488 g/mol. The summed E-state index contributed by atoms with van der Waals surface area (Å²) in [6.07, 6.45) is 1.37. The van der Waals surface area contributed by atoms with E-state index in [0.717, 1.165) is 11.1 Å². The minimum absolute atomic E-state index is 0.201. The molecule has 0 heterocycles. The van der Waals surface area contributed by atoms with Gasteiger partial charge in [-0.1, -0.05) is 29.8 Å². The van der Waals surface area contributed by atoms with Gasteiger partial charge in [0, 0.05) is 11.4 Å². The fourth-order valence-electron chi connectivity index (χ4n) is 3.10. The van der Waals surface area contributed by atoms with Gasteiger partial charge < -0.3 is 20.1 Å².